The van der Waals surface area contributed by atoms with Crippen LogP contribution >= 0.6 is 0 Å². The minimum absolute atomic E-state index is 0.217. The zero-order valence-corrected chi connectivity index (χ0v) is 16.0. The molecule has 0 unspecified atom stereocenters. The molecule has 1 N–H and O–H groups in total. The topological polar surface area (TPSA) is 50.3 Å². The Labute approximate surface area is 166 Å². The molecule has 0 atom stereocenters. The third-order valence-corrected chi connectivity index (χ3v) is 5.22. The highest BCUT2D eigenvalue weighted by Gasteiger charge is 2.32. The van der Waals surface area contributed by atoms with E-state index in [4.69, 9.17) is 4.74 Å². The van der Waals surface area contributed by atoms with E-state index in [1.54, 1.807) is 12.3 Å². The number of hydrogen-bond donors (Lipinski definition) is 1. The molecule has 2 heterocycles. The number of alkyl halides is 3. The molecule has 0 bridgehead atoms. The SMILES string of the molecule is Cc1c(CNc2nncc3ccc(N4CCOCC4)cc23)cccc1C(F)(F)F. The summed E-state index contributed by atoms with van der Waals surface area (Å²) in [5, 5.41) is 13.2. The molecule has 0 radical (unpaired) electrons. The van der Waals surface area contributed by atoms with Gasteiger partial charge in [0.25, 0.3) is 0 Å². The number of nitrogens with one attached hydrogen (secondary N) is 1. The van der Waals surface area contributed by atoms with Gasteiger partial charge in [0.1, 0.15) is 0 Å². The van der Waals surface area contributed by atoms with E-state index in [2.05, 4.69) is 20.4 Å². The molecular formula is C21H21F3N4O. The number of aromatic nitrogens is 2. The first-order valence-corrected chi connectivity index (χ1v) is 9.41. The number of fused-ring (bicyclic) bond motifs is 1. The van der Waals surface area contributed by atoms with Gasteiger partial charge < -0.3 is 15.0 Å². The Balaban J connectivity index is 1.61. The molecule has 4 rings (SSSR count). The van der Waals surface area contributed by atoms with Gasteiger partial charge >= 0.3 is 6.18 Å². The third-order valence-electron chi connectivity index (χ3n) is 5.22. The normalized spacial score (nSPS) is 15.0. The van der Waals surface area contributed by atoms with Crippen molar-refractivity contribution in [1.82, 2.24) is 10.2 Å². The van der Waals surface area contributed by atoms with E-state index in [1.165, 1.54) is 13.0 Å². The molecule has 1 fully saturated rings. The van der Waals surface area contributed by atoms with E-state index in [1.807, 2.05) is 18.2 Å². The maximum Gasteiger partial charge on any atom is 0.416 e. The average molecular weight is 402 g/mol. The summed E-state index contributed by atoms with van der Waals surface area (Å²) in [7, 11) is 0. The summed E-state index contributed by atoms with van der Waals surface area (Å²) in [5.41, 5.74) is 1.24. The molecule has 29 heavy (non-hydrogen) atoms. The predicted octanol–water partition coefficient (Wildman–Crippen LogP) is 4.41. The molecule has 0 saturated carbocycles. The van der Waals surface area contributed by atoms with Crippen LogP contribution in [0, 0.1) is 6.92 Å². The number of rotatable bonds is 4. The summed E-state index contributed by atoms with van der Waals surface area (Å²) in [6.07, 6.45) is -2.69. The van der Waals surface area contributed by atoms with E-state index < -0.39 is 11.7 Å². The van der Waals surface area contributed by atoms with Gasteiger partial charge in [0, 0.05) is 36.1 Å². The quantitative estimate of drug-likeness (QED) is 0.701. The van der Waals surface area contributed by atoms with Crippen LogP contribution in [0.5, 0.6) is 0 Å². The number of morpholine rings is 1. The lowest BCUT2D eigenvalue weighted by Crippen LogP contribution is -2.36. The number of anilines is 2. The smallest absolute Gasteiger partial charge is 0.378 e. The van der Waals surface area contributed by atoms with Gasteiger partial charge in [-0.3, -0.25) is 0 Å². The first kappa shape index (κ1) is 19.4. The monoisotopic (exact) mass is 402 g/mol. The number of nitrogens with zero attached hydrogens (tertiary/aromatic N) is 3. The fourth-order valence-corrected chi connectivity index (χ4v) is 3.57. The van der Waals surface area contributed by atoms with E-state index >= 15 is 0 Å². The lowest BCUT2D eigenvalue weighted by molar-refractivity contribution is -0.138. The van der Waals surface area contributed by atoms with Crippen LogP contribution in [-0.4, -0.2) is 36.5 Å². The Morgan fingerprint density at radius 1 is 1.14 bits per heavy atom. The minimum Gasteiger partial charge on any atom is -0.378 e. The van der Waals surface area contributed by atoms with Crippen LogP contribution in [0.15, 0.2) is 42.6 Å². The van der Waals surface area contributed by atoms with Crippen LogP contribution in [0.3, 0.4) is 0 Å². The highest BCUT2D eigenvalue weighted by atomic mass is 19.4. The van der Waals surface area contributed by atoms with Gasteiger partial charge in [0.05, 0.1) is 25.0 Å². The molecule has 2 aromatic carbocycles. The summed E-state index contributed by atoms with van der Waals surface area (Å²) in [6.45, 7) is 4.72. The standard InChI is InChI=1S/C21H21F3N4O/c1-14-15(3-2-4-19(14)21(22,23)24)12-25-20-18-11-17(28-7-9-29-10-8-28)6-5-16(18)13-26-27-20/h2-6,11,13H,7-10,12H2,1H3,(H,25,27). The second-order valence-electron chi connectivity index (χ2n) is 7.01. The number of halogens is 3. The van der Waals surface area contributed by atoms with Gasteiger partial charge in [-0.05, 0) is 36.2 Å². The van der Waals surface area contributed by atoms with Crippen LogP contribution in [0.1, 0.15) is 16.7 Å². The van der Waals surface area contributed by atoms with E-state index in [-0.39, 0.29) is 12.1 Å². The first-order chi connectivity index (χ1) is 13.9. The Hall–Kier alpha value is -2.87. The third kappa shape index (κ3) is 4.12. The van der Waals surface area contributed by atoms with Crippen LogP contribution in [0.2, 0.25) is 0 Å². The summed E-state index contributed by atoms with van der Waals surface area (Å²) >= 11 is 0. The van der Waals surface area contributed by atoms with Gasteiger partial charge in [0.2, 0.25) is 0 Å². The fourth-order valence-electron chi connectivity index (χ4n) is 3.57. The van der Waals surface area contributed by atoms with Crippen molar-refractivity contribution in [3.05, 3.63) is 59.3 Å². The van der Waals surface area contributed by atoms with Gasteiger partial charge in [-0.25, -0.2) is 0 Å². The van der Waals surface area contributed by atoms with Crippen LogP contribution < -0.4 is 10.2 Å². The zero-order chi connectivity index (χ0) is 20.4. The molecule has 152 valence electrons. The molecule has 1 aliphatic rings. The highest BCUT2D eigenvalue weighted by Crippen LogP contribution is 2.33. The van der Waals surface area contributed by atoms with Gasteiger partial charge in [-0.15, -0.1) is 5.10 Å². The second-order valence-corrected chi connectivity index (χ2v) is 7.01. The van der Waals surface area contributed by atoms with Crippen molar-refractivity contribution in [2.75, 3.05) is 36.5 Å². The van der Waals surface area contributed by atoms with E-state index in [0.717, 1.165) is 35.6 Å². The van der Waals surface area contributed by atoms with Crippen molar-refractivity contribution >= 4 is 22.3 Å². The molecule has 8 heteroatoms. The van der Waals surface area contributed by atoms with Crippen molar-refractivity contribution < 1.29 is 17.9 Å². The van der Waals surface area contributed by atoms with Crippen molar-refractivity contribution in [2.24, 2.45) is 0 Å². The minimum atomic E-state index is -4.37. The maximum absolute atomic E-state index is 13.2. The van der Waals surface area contributed by atoms with Crippen molar-refractivity contribution in [3.8, 4) is 0 Å². The van der Waals surface area contributed by atoms with E-state index in [0.29, 0.717) is 24.6 Å². The Morgan fingerprint density at radius 3 is 2.69 bits per heavy atom. The molecular weight excluding hydrogens is 381 g/mol. The highest BCUT2D eigenvalue weighted by molar-refractivity contribution is 5.93. The molecule has 5 nitrogen and oxygen atoms in total. The summed E-state index contributed by atoms with van der Waals surface area (Å²) in [6, 6.07) is 10.3. The molecule has 1 saturated heterocycles. The average Bonchev–Trinajstić information content (AvgIpc) is 2.72. The summed E-state index contributed by atoms with van der Waals surface area (Å²) in [5.74, 6) is 0.550. The lowest BCUT2D eigenvalue weighted by Gasteiger charge is -2.29. The van der Waals surface area contributed by atoms with Crippen molar-refractivity contribution in [3.63, 3.8) is 0 Å². The zero-order valence-electron chi connectivity index (χ0n) is 16.0. The van der Waals surface area contributed by atoms with Gasteiger partial charge in [-0.2, -0.15) is 18.3 Å². The maximum atomic E-state index is 13.2. The van der Waals surface area contributed by atoms with E-state index in [9.17, 15) is 13.2 Å². The molecule has 0 aliphatic carbocycles. The fraction of sp³-hybridized carbons (Fsp3) is 0.333. The predicted molar refractivity (Wildman–Crippen MR) is 106 cm³/mol. The molecule has 0 spiro atoms. The number of ether oxygens (including phenoxy) is 1. The van der Waals surface area contributed by atoms with Gasteiger partial charge in [-0.1, -0.05) is 18.2 Å². The largest absolute Gasteiger partial charge is 0.416 e. The van der Waals surface area contributed by atoms with Crippen LogP contribution in [0.4, 0.5) is 24.7 Å². The summed E-state index contributed by atoms with van der Waals surface area (Å²) in [4.78, 5) is 2.24. The molecule has 1 aliphatic heterocycles. The first-order valence-electron chi connectivity index (χ1n) is 9.41. The molecule has 1 aromatic heterocycles. The Kier molecular flexibility index (Phi) is 5.27. The van der Waals surface area contributed by atoms with Crippen molar-refractivity contribution in [1.29, 1.82) is 0 Å². The second kappa shape index (κ2) is 7.87. The number of benzene rings is 2. The van der Waals surface area contributed by atoms with Crippen LogP contribution in [-0.2, 0) is 17.5 Å². The van der Waals surface area contributed by atoms with Gasteiger partial charge in [0.15, 0.2) is 5.82 Å². The summed E-state index contributed by atoms with van der Waals surface area (Å²) < 4.78 is 44.9. The molecule has 3 aromatic rings. The lowest BCUT2D eigenvalue weighted by atomic mass is 10.0. The Bertz CT molecular complexity index is 1020. The molecule has 0 amide bonds. The van der Waals surface area contributed by atoms with Crippen LogP contribution in [0.25, 0.3) is 10.8 Å². The Morgan fingerprint density at radius 2 is 1.93 bits per heavy atom. The van der Waals surface area contributed by atoms with Crippen molar-refractivity contribution in [2.45, 2.75) is 19.6 Å². The number of hydrogen-bond acceptors (Lipinski definition) is 5.